The molecule has 8 heteroatoms. The number of benzene rings is 2. The fourth-order valence-electron chi connectivity index (χ4n) is 3.52. The largest absolute Gasteiger partial charge is 0.276 e. The van der Waals surface area contributed by atoms with Gasteiger partial charge in [-0.1, -0.05) is 42.5 Å². The van der Waals surface area contributed by atoms with E-state index < -0.39 is 10.0 Å². The van der Waals surface area contributed by atoms with Gasteiger partial charge in [0, 0.05) is 7.05 Å². The number of aryl methyl sites for hydroxylation is 2. The lowest BCUT2D eigenvalue weighted by molar-refractivity contribution is 0.600. The summed E-state index contributed by atoms with van der Waals surface area (Å²) in [5, 5.41) is 11.0. The van der Waals surface area contributed by atoms with Crippen LogP contribution in [0.3, 0.4) is 0 Å². The number of fused-ring (bicyclic) bond motifs is 1. The van der Waals surface area contributed by atoms with E-state index in [0.717, 1.165) is 16.6 Å². The van der Waals surface area contributed by atoms with Crippen molar-refractivity contribution in [3.63, 3.8) is 0 Å². The minimum Gasteiger partial charge on any atom is -0.276 e. The summed E-state index contributed by atoms with van der Waals surface area (Å²) in [4.78, 5) is 0.167. The van der Waals surface area contributed by atoms with Crippen molar-refractivity contribution in [1.82, 2.24) is 19.6 Å². The third kappa shape index (κ3) is 3.40. The molecule has 0 saturated carbocycles. The minimum absolute atomic E-state index is 0.167. The van der Waals surface area contributed by atoms with Crippen molar-refractivity contribution in [1.29, 1.82) is 0 Å². The van der Waals surface area contributed by atoms with Crippen LogP contribution in [0.5, 0.6) is 0 Å². The van der Waals surface area contributed by atoms with Crippen LogP contribution >= 0.6 is 0 Å². The van der Waals surface area contributed by atoms with E-state index in [4.69, 9.17) is 0 Å². The fraction of sp³-hybridized carbons (Fsp3) is 0.238. The Morgan fingerprint density at radius 1 is 1.00 bits per heavy atom. The molecular formula is C21H23N5O2S. The van der Waals surface area contributed by atoms with Crippen LogP contribution in [-0.4, -0.2) is 28.0 Å². The molecule has 2 aromatic heterocycles. The van der Waals surface area contributed by atoms with Crippen LogP contribution in [0.25, 0.3) is 10.8 Å². The van der Waals surface area contributed by atoms with Crippen LogP contribution < -0.4 is 4.72 Å². The number of anilines is 1. The van der Waals surface area contributed by atoms with Gasteiger partial charge in [-0.2, -0.15) is 10.2 Å². The molecule has 1 N–H and O–H groups in total. The zero-order valence-electron chi connectivity index (χ0n) is 16.8. The van der Waals surface area contributed by atoms with Gasteiger partial charge in [-0.25, -0.2) is 8.42 Å². The molecule has 0 aliphatic carbocycles. The second-order valence-corrected chi connectivity index (χ2v) is 8.82. The van der Waals surface area contributed by atoms with Gasteiger partial charge in [-0.15, -0.1) is 0 Å². The number of nitrogens with zero attached hydrogens (tertiary/aromatic N) is 4. The Labute approximate surface area is 170 Å². The van der Waals surface area contributed by atoms with E-state index >= 15 is 0 Å². The van der Waals surface area contributed by atoms with Crippen molar-refractivity contribution in [3.8, 4) is 0 Å². The Bertz CT molecular complexity index is 1310. The summed E-state index contributed by atoms with van der Waals surface area (Å²) >= 11 is 0. The zero-order chi connectivity index (χ0) is 20.8. The standard InChI is InChI=1S/C21H23N5O2S/c1-14-21(24-29(27,28)20-12-22-25(4)15(20)2)16(3)26(23-14)13-18-10-7-9-17-8-5-6-11-19(17)18/h5-12,24H,13H2,1-4H3. The van der Waals surface area contributed by atoms with Gasteiger partial charge in [-0.05, 0) is 37.1 Å². The first kappa shape index (κ1) is 19.2. The predicted octanol–water partition coefficient (Wildman–Crippen LogP) is 3.54. The quantitative estimate of drug-likeness (QED) is 0.547. The van der Waals surface area contributed by atoms with Gasteiger partial charge in [0.15, 0.2) is 0 Å². The normalized spacial score (nSPS) is 11.9. The van der Waals surface area contributed by atoms with E-state index in [2.05, 4.69) is 39.2 Å². The maximum atomic E-state index is 12.9. The molecule has 2 heterocycles. The highest BCUT2D eigenvalue weighted by atomic mass is 32.2. The van der Waals surface area contributed by atoms with Gasteiger partial charge in [0.05, 0.1) is 35.5 Å². The van der Waals surface area contributed by atoms with Gasteiger partial charge >= 0.3 is 0 Å². The van der Waals surface area contributed by atoms with Crippen LogP contribution in [0.4, 0.5) is 5.69 Å². The van der Waals surface area contributed by atoms with Gasteiger partial charge < -0.3 is 0 Å². The number of sulfonamides is 1. The zero-order valence-corrected chi connectivity index (χ0v) is 17.7. The number of aromatic nitrogens is 4. The summed E-state index contributed by atoms with van der Waals surface area (Å²) in [6.07, 6.45) is 1.36. The van der Waals surface area contributed by atoms with Crippen molar-refractivity contribution in [2.45, 2.75) is 32.2 Å². The van der Waals surface area contributed by atoms with Crippen molar-refractivity contribution in [2.75, 3.05) is 4.72 Å². The Balaban J connectivity index is 1.69. The summed E-state index contributed by atoms with van der Waals surface area (Å²) in [6.45, 7) is 5.96. The molecule has 4 aromatic rings. The Kier molecular flexibility index (Phi) is 4.66. The van der Waals surface area contributed by atoms with E-state index in [0.29, 0.717) is 23.6 Å². The second-order valence-electron chi connectivity index (χ2n) is 7.17. The number of hydrogen-bond acceptors (Lipinski definition) is 4. The molecule has 0 spiro atoms. The average Bonchev–Trinajstić information content (AvgIpc) is 3.16. The molecular weight excluding hydrogens is 386 g/mol. The van der Waals surface area contributed by atoms with E-state index in [-0.39, 0.29) is 4.90 Å². The van der Waals surface area contributed by atoms with Crippen molar-refractivity contribution in [3.05, 3.63) is 71.3 Å². The molecule has 0 bridgehead atoms. The highest BCUT2D eigenvalue weighted by molar-refractivity contribution is 7.92. The molecule has 4 rings (SSSR count). The summed E-state index contributed by atoms with van der Waals surface area (Å²) in [5.41, 5.74) is 3.61. The monoisotopic (exact) mass is 409 g/mol. The van der Waals surface area contributed by atoms with Gasteiger partial charge in [0.1, 0.15) is 4.90 Å². The number of nitrogens with one attached hydrogen (secondary N) is 1. The molecule has 0 saturated heterocycles. The molecule has 0 fully saturated rings. The van der Waals surface area contributed by atoms with Gasteiger partial charge in [0.25, 0.3) is 10.0 Å². The second kappa shape index (κ2) is 7.04. The summed E-state index contributed by atoms with van der Waals surface area (Å²) < 4.78 is 31.8. The van der Waals surface area contributed by atoms with Crippen molar-refractivity contribution >= 4 is 26.5 Å². The van der Waals surface area contributed by atoms with E-state index in [1.54, 1.807) is 20.9 Å². The molecule has 2 aromatic carbocycles. The lowest BCUT2D eigenvalue weighted by atomic mass is 10.0. The molecule has 0 amide bonds. The highest BCUT2D eigenvalue weighted by Gasteiger charge is 2.23. The summed E-state index contributed by atoms with van der Waals surface area (Å²) in [5.74, 6) is 0. The molecule has 0 unspecified atom stereocenters. The maximum Gasteiger partial charge on any atom is 0.265 e. The first-order chi connectivity index (χ1) is 13.8. The highest BCUT2D eigenvalue weighted by Crippen LogP contribution is 2.26. The van der Waals surface area contributed by atoms with Crippen molar-refractivity contribution < 1.29 is 8.42 Å². The van der Waals surface area contributed by atoms with Gasteiger partial charge in [-0.3, -0.25) is 14.1 Å². The third-order valence-electron chi connectivity index (χ3n) is 5.30. The van der Waals surface area contributed by atoms with Crippen LogP contribution in [-0.2, 0) is 23.6 Å². The fourth-order valence-corrected chi connectivity index (χ4v) is 4.90. The van der Waals surface area contributed by atoms with E-state index in [1.807, 2.05) is 29.8 Å². The first-order valence-corrected chi connectivity index (χ1v) is 10.8. The summed E-state index contributed by atoms with van der Waals surface area (Å²) in [7, 11) is -2.03. The SMILES string of the molecule is Cc1nn(Cc2cccc3ccccc23)c(C)c1NS(=O)(=O)c1cnn(C)c1C. The van der Waals surface area contributed by atoms with Crippen molar-refractivity contribution in [2.24, 2.45) is 7.05 Å². The number of rotatable bonds is 5. The Hall–Kier alpha value is -3.13. The predicted molar refractivity (Wildman–Crippen MR) is 114 cm³/mol. The molecule has 0 atom stereocenters. The van der Waals surface area contributed by atoms with Crippen LogP contribution in [0, 0.1) is 20.8 Å². The summed E-state index contributed by atoms with van der Waals surface area (Å²) in [6, 6.07) is 14.4. The lowest BCUT2D eigenvalue weighted by Crippen LogP contribution is -2.15. The maximum absolute atomic E-state index is 12.9. The minimum atomic E-state index is -3.75. The Morgan fingerprint density at radius 3 is 2.45 bits per heavy atom. The molecule has 150 valence electrons. The smallest absolute Gasteiger partial charge is 0.265 e. The van der Waals surface area contributed by atoms with Crippen LogP contribution in [0.15, 0.2) is 53.6 Å². The molecule has 7 nitrogen and oxygen atoms in total. The molecule has 0 aliphatic rings. The average molecular weight is 410 g/mol. The molecule has 29 heavy (non-hydrogen) atoms. The third-order valence-corrected chi connectivity index (χ3v) is 6.75. The van der Waals surface area contributed by atoms with E-state index in [1.165, 1.54) is 16.3 Å². The van der Waals surface area contributed by atoms with Crippen LogP contribution in [0.1, 0.15) is 22.6 Å². The van der Waals surface area contributed by atoms with Gasteiger partial charge in [0.2, 0.25) is 0 Å². The topological polar surface area (TPSA) is 81.8 Å². The Morgan fingerprint density at radius 2 is 1.72 bits per heavy atom. The lowest BCUT2D eigenvalue weighted by Gasteiger charge is -2.10. The van der Waals surface area contributed by atoms with E-state index in [9.17, 15) is 8.42 Å². The first-order valence-electron chi connectivity index (χ1n) is 9.30. The number of hydrogen-bond donors (Lipinski definition) is 1. The molecule has 0 radical (unpaired) electrons. The van der Waals surface area contributed by atoms with Crippen LogP contribution in [0.2, 0.25) is 0 Å². The molecule has 0 aliphatic heterocycles.